The number of nitrogens with one attached hydrogen (secondary N) is 1. The summed E-state index contributed by atoms with van der Waals surface area (Å²) in [5, 5.41) is 0. The Morgan fingerprint density at radius 1 is 0.625 bits per heavy atom. The molecule has 1 aromatic heterocycles. The van der Waals surface area contributed by atoms with Crippen LogP contribution in [0.5, 0.6) is 0 Å². The summed E-state index contributed by atoms with van der Waals surface area (Å²) in [6.07, 6.45) is 3.75. The van der Waals surface area contributed by atoms with Gasteiger partial charge in [-0.25, -0.2) is 12.1 Å². The Morgan fingerprint density at radius 3 is 1.25 bits per heavy atom. The van der Waals surface area contributed by atoms with Crippen LogP contribution in [0.1, 0.15) is 0 Å². The van der Waals surface area contributed by atoms with E-state index in [0.717, 1.165) is 0 Å². The molecular formula is C14H15FeN-6. The van der Waals surface area contributed by atoms with Crippen LogP contribution in [0.15, 0.2) is 85.2 Å². The van der Waals surface area contributed by atoms with Gasteiger partial charge in [-0.1, -0.05) is 0 Å². The molecule has 90 valence electrons. The van der Waals surface area contributed by atoms with E-state index in [-0.39, 0.29) is 17.1 Å². The quantitative estimate of drug-likeness (QED) is 0.463. The maximum absolute atomic E-state index is 2.86. The molecule has 0 aliphatic carbocycles. The molecular weight excluding hydrogens is 238 g/mol. The van der Waals surface area contributed by atoms with Crippen molar-refractivity contribution in [3.8, 4) is 0 Å². The molecule has 0 amide bonds. The first-order valence-corrected chi connectivity index (χ1v) is 4.91. The minimum atomic E-state index is 0. The molecule has 3 rings (SSSR count). The molecule has 3 aromatic rings. The minimum absolute atomic E-state index is 0. The molecule has 0 fully saturated rings. The molecule has 0 aliphatic rings. The molecule has 0 unspecified atom stereocenters. The second-order valence-electron chi connectivity index (χ2n) is 2.81. The van der Waals surface area contributed by atoms with Crippen LogP contribution in [0.25, 0.3) is 0 Å². The molecule has 1 heterocycles. The van der Waals surface area contributed by atoms with Crippen LogP contribution in [0.2, 0.25) is 0 Å². The van der Waals surface area contributed by atoms with Gasteiger partial charge in [-0.15, -0.1) is 0 Å². The van der Waals surface area contributed by atoms with Crippen molar-refractivity contribution in [2.45, 2.75) is 0 Å². The largest absolute Gasteiger partial charge is 0.748 e. The Labute approximate surface area is 107 Å². The molecule has 2 heteroatoms. The van der Waals surface area contributed by atoms with Crippen molar-refractivity contribution in [1.29, 1.82) is 0 Å². The molecule has 0 atom stereocenters. The molecule has 0 aliphatic heterocycles. The van der Waals surface area contributed by atoms with Gasteiger partial charge >= 0.3 is 0 Å². The minimum Gasteiger partial charge on any atom is -0.748 e. The first-order chi connectivity index (χ1) is 7.50. The number of H-pyrrole nitrogens is 1. The molecule has 0 radical (unpaired) electrons. The van der Waals surface area contributed by atoms with Gasteiger partial charge in [0.1, 0.15) is 0 Å². The van der Waals surface area contributed by atoms with Gasteiger partial charge in [0.15, 0.2) is 0 Å². The van der Waals surface area contributed by atoms with E-state index in [9.17, 15) is 0 Å². The Bertz CT molecular complexity index is 243. The van der Waals surface area contributed by atoms with Crippen molar-refractivity contribution in [3.63, 3.8) is 0 Å². The predicted molar refractivity (Wildman–Crippen MR) is 64.9 cm³/mol. The van der Waals surface area contributed by atoms with Crippen LogP contribution in [-0.2, 0) is 17.1 Å². The maximum atomic E-state index is 2.86. The fourth-order valence-corrected chi connectivity index (χ4v) is 0.919. The number of aromatic nitrogens is 1. The number of hydrogen-bond acceptors (Lipinski definition) is 0. The standard InChI is InChI=1S/2C5H5.C4H5N.Fe/c3*1-2-4-5-3-1;/h3*1-5H;/q-5;-1;;. The summed E-state index contributed by atoms with van der Waals surface area (Å²) in [6, 6.07) is 23.9. The number of rotatable bonds is 0. The Morgan fingerprint density at radius 2 is 1.06 bits per heavy atom. The Hall–Kier alpha value is -1.50. The second-order valence-corrected chi connectivity index (χ2v) is 2.81. The van der Waals surface area contributed by atoms with Crippen molar-refractivity contribution < 1.29 is 17.1 Å². The summed E-state index contributed by atoms with van der Waals surface area (Å²) in [6.45, 7) is 0. The SMILES string of the molecule is [Fe].[cH-]1[cH-][cH-][cH-][cH-]1.c1cc[cH-]c1.c1cc[nH]c1. The van der Waals surface area contributed by atoms with Crippen molar-refractivity contribution in [3.05, 3.63) is 85.2 Å². The maximum Gasteiger partial charge on any atom is 0.000496 e. The van der Waals surface area contributed by atoms with E-state index in [1.807, 2.05) is 85.2 Å². The normalized spacial score (nSPS) is 7.50. The van der Waals surface area contributed by atoms with Gasteiger partial charge in [0.2, 0.25) is 0 Å². The predicted octanol–water partition coefficient (Wildman–Crippen LogP) is 3.82. The van der Waals surface area contributed by atoms with Crippen LogP contribution in [0.3, 0.4) is 0 Å². The first kappa shape index (κ1) is 14.5. The number of hydrogen-bond donors (Lipinski definition) is 1. The van der Waals surface area contributed by atoms with E-state index in [1.54, 1.807) is 0 Å². The first-order valence-electron chi connectivity index (χ1n) is 4.91. The average Bonchev–Trinajstić information content (AvgIpc) is 3.09. The average molecular weight is 253 g/mol. The summed E-state index contributed by atoms with van der Waals surface area (Å²) >= 11 is 0. The summed E-state index contributed by atoms with van der Waals surface area (Å²) in [7, 11) is 0. The molecule has 1 nitrogen and oxygen atoms in total. The third kappa shape index (κ3) is 9.07. The van der Waals surface area contributed by atoms with Crippen LogP contribution < -0.4 is 0 Å². The second kappa shape index (κ2) is 11.6. The van der Waals surface area contributed by atoms with E-state index < -0.39 is 0 Å². The van der Waals surface area contributed by atoms with Crippen LogP contribution in [0, 0.1) is 0 Å². The van der Waals surface area contributed by atoms with Gasteiger partial charge in [-0.2, -0.15) is 18.2 Å². The zero-order chi connectivity index (χ0) is 10.6. The molecule has 1 N–H and O–H groups in total. The van der Waals surface area contributed by atoms with Gasteiger partial charge in [0.25, 0.3) is 0 Å². The summed E-state index contributed by atoms with van der Waals surface area (Å²) in [5.41, 5.74) is 0. The fraction of sp³-hybridized carbons (Fsp3) is 0. The Balaban J connectivity index is 0.000000205. The van der Waals surface area contributed by atoms with Gasteiger partial charge in [-0.05, 0) is 12.1 Å². The zero-order valence-electron chi connectivity index (χ0n) is 8.94. The molecule has 0 saturated heterocycles. The fourth-order valence-electron chi connectivity index (χ4n) is 0.919. The molecule has 0 saturated carbocycles. The van der Waals surface area contributed by atoms with Gasteiger partial charge in [0.05, 0.1) is 0 Å². The molecule has 2 aromatic carbocycles. The summed E-state index contributed by atoms with van der Waals surface area (Å²) in [4.78, 5) is 2.86. The van der Waals surface area contributed by atoms with Gasteiger partial charge in [0, 0.05) is 29.5 Å². The van der Waals surface area contributed by atoms with E-state index in [2.05, 4.69) is 4.98 Å². The Kier molecular flexibility index (Phi) is 10.5. The smallest absolute Gasteiger partial charge is 0.000496 e. The van der Waals surface area contributed by atoms with Crippen molar-refractivity contribution >= 4 is 0 Å². The third-order valence-corrected chi connectivity index (χ3v) is 1.61. The summed E-state index contributed by atoms with van der Waals surface area (Å²) in [5.74, 6) is 0. The van der Waals surface area contributed by atoms with Crippen molar-refractivity contribution in [1.82, 2.24) is 4.98 Å². The van der Waals surface area contributed by atoms with Crippen LogP contribution >= 0.6 is 0 Å². The van der Waals surface area contributed by atoms with Gasteiger partial charge < -0.3 is 35.3 Å². The molecule has 16 heavy (non-hydrogen) atoms. The van der Waals surface area contributed by atoms with E-state index in [1.165, 1.54) is 0 Å². The van der Waals surface area contributed by atoms with Gasteiger partial charge in [-0.3, -0.25) is 0 Å². The monoisotopic (exact) mass is 253 g/mol. The summed E-state index contributed by atoms with van der Waals surface area (Å²) < 4.78 is 0. The van der Waals surface area contributed by atoms with Crippen LogP contribution in [-0.4, -0.2) is 4.98 Å². The van der Waals surface area contributed by atoms with Crippen LogP contribution in [0.4, 0.5) is 0 Å². The van der Waals surface area contributed by atoms with E-state index in [4.69, 9.17) is 0 Å². The van der Waals surface area contributed by atoms with E-state index in [0.29, 0.717) is 0 Å². The van der Waals surface area contributed by atoms with E-state index >= 15 is 0 Å². The zero-order valence-corrected chi connectivity index (χ0v) is 10.0. The number of aromatic amines is 1. The molecule has 0 bridgehead atoms. The third-order valence-electron chi connectivity index (χ3n) is 1.61. The topological polar surface area (TPSA) is 15.8 Å². The molecule has 0 spiro atoms. The van der Waals surface area contributed by atoms with Crippen molar-refractivity contribution in [2.24, 2.45) is 0 Å². The van der Waals surface area contributed by atoms with Crippen molar-refractivity contribution in [2.75, 3.05) is 0 Å².